The Bertz CT molecular complexity index is 1480. The highest BCUT2D eigenvalue weighted by molar-refractivity contribution is 6.30. The van der Waals surface area contributed by atoms with Gasteiger partial charge in [0, 0.05) is 41.7 Å². The first-order valence-corrected chi connectivity index (χ1v) is 11.5. The van der Waals surface area contributed by atoms with E-state index in [2.05, 4.69) is 20.9 Å². The van der Waals surface area contributed by atoms with Gasteiger partial charge in [-0.15, -0.1) is 0 Å². The molecule has 11 heteroatoms. The largest absolute Gasteiger partial charge is 0.477 e. The molecular formula is C27H21ClN4O6. The van der Waals surface area contributed by atoms with Crippen molar-refractivity contribution in [2.24, 2.45) is 0 Å². The van der Waals surface area contributed by atoms with Crippen molar-refractivity contribution in [2.45, 2.75) is 6.92 Å². The third-order valence-electron chi connectivity index (χ3n) is 4.89. The molecule has 4 N–H and O–H groups in total. The van der Waals surface area contributed by atoms with Crippen LogP contribution in [0, 0.1) is 0 Å². The molecule has 0 bridgehead atoms. The molecule has 0 fully saturated rings. The van der Waals surface area contributed by atoms with Gasteiger partial charge in [0.25, 0.3) is 0 Å². The first-order chi connectivity index (χ1) is 18.2. The molecule has 3 amide bonds. The summed E-state index contributed by atoms with van der Waals surface area (Å²) in [5.41, 5.74) is 1.35. The van der Waals surface area contributed by atoms with E-state index in [0.29, 0.717) is 45.1 Å². The lowest BCUT2D eigenvalue weighted by Crippen LogP contribution is -2.19. The third-order valence-corrected chi connectivity index (χ3v) is 5.13. The zero-order valence-corrected chi connectivity index (χ0v) is 20.7. The van der Waals surface area contributed by atoms with Crippen molar-refractivity contribution in [1.29, 1.82) is 0 Å². The number of urea groups is 1. The number of amides is 3. The fourth-order valence-electron chi connectivity index (χ4n) is 3.24. The van der Waals surface area contributed by atoms with Gasteiger partial charge >= 0.3 is 12.0 Å². The van der Waals surface area contributed by atoms with E-state index in [-0.39, 0.29) is 11.6 Å². The second-order valence-corrected chi connectivity index (χ2v) is 8.27. The second kappa shape index (κ2) is 11.8. The lowest BCUT2D eigenvalue weighted by molar-refractivity contribution is -0.114. The highest BCUT2D eigenvalue weighted by atomic mass is 35.5. The van der Waals surface area contributed by atoms with Crippen LogP contribution in [0.2, 0.25) is 5.02 Å². The van der Waals surface area contributed by atoms with Gasteiger partial charge in [0.1, 0.15) is 17.2 Å². The number of nitrogens with zero attached hydrogens (tertiary/aromatic N) is 1. The van der Waals surface area contributed by atoms with Gasteiger partial charge in [-0.05, 0) is 66.7 Å². The first-order valence-electron chi connectivity index (χ1n) is 11.2. The predicted molar refractivity (Wildman–Crippen MR) is 143 cm³/mol. The van der Waals surface area contributed by atoms with E-state index in [1.807, 2.05) is 0 Å². The van der Waals surface area contributed by atoms with Crippen LogP contribution >= 0.6 is 11.6 Å². The number of halogens is 1. The molecule has 10 nitrogen and oxygen atoms in total. The first kappa shape index (κ1) is 26.0. The van der Waals surface area contributed by atoms with Crippen LogP contribution in [0.1, 0.15) is 17.4 Å². The molecule has 0 spiro atoms. The zero-order chi connectivity index (χ0) is 27.1. The molecule has 1 aromatic heterocycles. The van der Waals surface area contributed by atoms with Gasteiger partial charge in [0.15, 0.2) is 11.4 Å². The van der Waals surface area contributed by atoms with Crippen molar-refractivity contribution in [1.82, 2.24) is 4.98 Å². The van der Waals surface area contributed by atoms with Gasteiger partial charge in [0.2, 0.25) is 5.91 Å². The minimum Gasteiger partial charge on any atom is -0.477 e. The van der Waals surface area contributed by atoms with E-state index in [0.717, 1.165) is 0 Å². The van der Waals surface area contributed by atoms with E-state index in [1.165, 1.54) is 25.3 Å². The zero-order valence-electron chi connectivity index (χ0n) is 19.9. The van der Waals surface area contributed by atoms with Gasteiger partial charge in [-0.1, -0.05) is 11.6 Å². The Hall–Kier alpha value is -5.09. The average Bonchev–Trinajstić information content (AvgIpc) is 2.88. The van der Waals surface area contributed by atoms with Crippen molar-refractivity contribution >= 4 is 46.6 Å². The molecule has 0 saturated heterocycles. The van der Waals surface area contributed by atoms with Crippen molar-refractivity contribution in [3.05, 3.63) is 95.8 Å². The van der Waals surface area contributed by atoms with E-state index in [9.17, 15) is 14.4 Å². The number of hydrogen-bond donors (Lipinski definition) is 4. The molecule has 4 aromatic rings. The molecule has 0 saturated carbocycles. The highest BCUT2D eigenvalue weighted by Gasteiger charge is 2.11. The van der Waals surface area contributed by atoms with Gasteiger partial charge in [-0.3, -0.25) is 4.79 Å². The topological polar surface area (TPSA) is 139 Å². The third kappa shape index (κ3) is 7.21. The number of ether oxygens (including phenoxy) is 2. The molecule has 192 valence electrons. The quantitative estimate of drug-likeness (QED) is 0.200. The van der Waals surface area contributed by atoms with Gasteiger partial charge in [0.05, 0.1) is 5.69 Å². The number of benzene rings is 3. The molecule has 1 heterocycles. The summed E-state index contributed by atoms with van der Waals surface area (Å²) >= 11 is 6.13. The highest BCUT2D eigenvalue weighted by Crippen LogP contribution is 2.33. The van der Waals surface area contributed by atoms with Gasteiger partial charge in [-0.2, -0.15) is 0 Å². The number of carbonyl (C=O) groups excluding carboxylic acids is 2. The Balaban J connectivity index is 1.39. The van der Waals surface area contributed by atoms with Crippen molar-refractivity contribution in [3.63, 3.8) is 0 Å². The summed E-state index contributed by atoms with van der Waals surface area (Å²) in [6.45, 7) is 1.42. The summed E-state index contributed by atoms with van der Waals surface area (Å²) < 4.78 is 11.6. The smallest absolute Gasteiger partial charge is 0.354 e. The monoisotopic (exact) mass is 532 g/mol. The molecule has 0 aliphatic heterocycles. The minimum absolute atomic E-state index is 0.134. The summed E-state index contributed by atoms with van der Waals surface area (Å²) in [5.74, 6) is 0.213. The number of hydrogen-bond acceptors (Lipinski definition) is 6. The summed E-state index contributed by atoms with van der Waals surface area (Å²) in [4.78, 5) is 38.7. The van der Waals surface area contributed by atoms with Crippen LogP contribution in [0.25, 0.3) is 0 Å². The number of carboxylic acid groups (broad SMARTS) is 1. The Morgan fingerprint density at radius 2 is 1.39 bits per heavy atom. The lowest BCUT2D eigenvalue weighted by atomic mass is 10.2. The number of nitrogens with one attached hydrogen (secondary N) is 3. The van der Waals surface area contributed by atoms with Crippen LogP contribution in [0.4, 0.5) is 21.9 Å². The van der Waals surface area contributed by atoms with Crippen LogP contribution in [-0.2, 0) is 4.79 Å². The predicted octanol–water partition coefficient (Wildman–Crippen LogP) is 6.62. The minimum atomic E-state index is -1.16. The number of pyridine rings is 1. The molecule has 3 aromatic carbocycles. The molecular weight excluding hydrogens is 512 g/mol. The van der Waals surface area contributed by atoms with E-state index >= 15 is 0 Å². The fourth-order valence-corrected chi connectivity index (χ4v) is 3.40. The van der Waals surface area contributed by atoms with Crippen LogP contribution < -0.4 is 25.4 Å². The Morgan fingerprint density at radius 1 is 0.763 bits per heavy atom. The number of aromatic carboxylic acids is 1. The number of carboxylic acids is 1. The number of carbonyl (C=O) groups is 3. The summed E-state index contributed by atoms with van der Waals surface area (Å²) in [5, 5.41) is 17.6. The number of aromatic nitrogens is 1. The standard InChI is InChI=1S/C27H21ClN4O6/c1-16(33)30-18-3-9-21(10-4-18)38-25-14-17(28)2-11-23(25)32-27(36)31-19-5-7-20(8-6-19)37-22-12-13-29-24(15-22)26(34)35/h2-15H,1H3,(H,30,33)(H,34,35)(H2,31,32,36). The maximum Gasteiger partial charge on any atom is 0.354 e. The molecule has 38 heavy (non-hydrogen) atoms. The maximum atomic E-state index is 12.7. The van der Waals surface area contributed by atoms with Gasteiger partial charge < -0.3 is 30.5 Å². The molecule has 0 aliphatic rings. The van der Waals surface area contributed by atoms with E-state index in [4.69, 9.17) is 26.2 Å². The number of anilines is 3. The molecule has 0 aliphatic carbocycles. The Kier molecular flexibility index (Phi) is 8.04. The normalized spacial score (nSPS) is 10.3. The maximum absolute atomic E-state index is 12.7. The van der Waals surface area contributed by atoms with Crippen molar-refractivity contribution in [2.75, 3.05) is 16.0 Å². The van der Waals surface area contributed by atoms with Crippen molar-refractivity contribution in [3.8, 4) is 23.0 Å². The molecule has 0 radical (unpaired) electrons. The van der Waals surface area contributed by atoms with Crippen LogP contribution in [-0.4, -0.2) is 28.0 Å². The van der Waals surface area contributed by atoms with E-state index in [1.54, 1.807) is 66.7 Å². The molecule has 0 atom stereocenters. The summed E-state index contributed by atoms with van der Waals surface area (Å²) in [7, 11) is 0. The SMILES string of the molecule is CC(=O)Nc1ccc(Oc2cc(Cl)ccc2NC(=O)Nc2ccc(Oc3ccnc(C(=O)O)c3)cc2)cc1. The number of rotatable bonds is 8. The van der Waals surface area contributed by atoms with E-state index < -0.39 is 12.0 Å². The molecule has 4 rings (SSSR count). The fraction of sp³-hybridized carbons (Fsp3) is 0.0370. The van der Waals surface area contributed by atoms with Crippen LogP contribution in [0.3, 0.4) is 0 Å². The van der Waals surface area contributed by atoms with Crippen LogP contribution in [0.15, 0.2) is 85.1 Å². The van der Waals surface area contributed by atoms with Crippen molar-refractivity contribution < 1.29 is 29.0 Å². The van der Waals surface area contributed by atoms with Gasteiger partial charge in [-0.25, -0.2) is 14.6 Å². The van der Waals surface area contributed by atoms with Crippen LogP contribution in [0.5, 0.6) is 23.0 Å². The lowest BCUT2D eigenvalue weighted by Gasteiger charge is -2.14. The average molecular weight is 533 g/mol. The summed E-state index contributed by atoms with van der Waals surface area (Å²) in [6, 6.07) is 20.4. The summed E-state index contributed by atoms with van der Waals surface area (Å²) in [6.07, 6.45) is 1.34. The Morgan fingerprint density at radius 3 is 2.03 bits per heavy atom. The Labute approximate surface area is 222 Å². The molecule has 0 unspecified atom stereocenters. The second-order valence-electron chi connectivity index (χ2n) is 7.84.